The predicted molar refractivity (Wildman–Crippen MR) is 53.0 cm³/mol. The number of Topliss-reactive ketones (excluding diaryl/α,β-unsaturated/α-hetero) is 1. The molecule has 1 heterocycles. The molecule has 0 spiro atoms. The molecular formula is C11H12O4. The fourth-order valence-electron chi connectivity index (χ4n) is 1.66. The summed E-state index contributed by atoms with van der Waals surface area (Å²) >= 11 is 0. The number of carbonyl (C=O) groups is 1. The summed E-state index contributed by atoms with van der Waals surface area (Å²) in [7, 11) is 1.48. The first-order chi connectivity index (χ1) is 7.27. The highest BCUT2D eigenvalue weighted by Crippen LogP contribution is 2.29. The largest absolute Gasteiger partial charge is 0.489 e. The molecule has 4 heteroatoms. The number of ketones is 1. The van der Waals surface area contributed by atoms with Crippen molar-refractivity contribution in [1.82, 2.24) is 0 Å². The molecule has 1 N–H and O–H groups in total. The molecule has 1 aromatic carbocycles. The monoisotopic (exact) mass is 208 g/mol. The van der Waals surface area contributed by atoms with Crippen LogP contribution in [0.25, 0.3) is 0 Å². The van der Waals surface area contributed by atoms with Crippen molar-refractivity contribution in [3.63, 3.8) is 0 Å². The maximum atomic E-state index is 11.8. The quantitative estimate of drug-likeness (QED) is 0.779. The zero-order valence-corrected chi connectivity index (χ0v) is 8.40. The van der Waals surface area contributed by atoms with Gasteiger partial charge in [0.2, 0.25) is 0 Å². The minimum Gasteiger partial charge on any atom is -0.489 e. The number of hydrogen-bond donors (Lipinski definition) is 1. The Morgan fingerprint density at radius 2 is 2.40 bits per heavy atom. The fraction of sp³-hybridized carbons (Fsp3) is 0.364. The van der Waals surface area contributed by atoms with Gasteiger partial charge >= 0.3 is 0 Å². The normalized spacial score (nSPS) is 19.6. The van der Waals surface area contributed by atoms with Crippen LogP contribution < -0.4 is 4.74 Å². The van der Waals surface area contributed by atoms with Crippen molar-refractivity contribution < 1.29 is 19.4 Å². The van der Waals surface area contributed by atoms with Crippen molar-refractivity contribution in [3.05, 3.63) is 29.3 Å². The first kappa shape index (κ1) is 10.1. The summed E-state index contributed by atoms with van der Waals surface area (Å²) in [6.07, 6.45) is -0.536. The Morgan fingerprint density at radius 3 is 3.07 bits per heavy atom. The fourth-order valence-corrected chi connectivity index (χ4v) is 1.66. The molecule has 0 aliphatic carbocycles. The van der Waals surface area contributed by atoms with Crippen LogP contribution in [0.15, 0.2) is 18.2 Å². The number of ether oxygens (including phenoxy) is 2. The molecule has 0 saturated heterocycles. The van der Waals surface area contributed by atoms with E-state index in [2.05, 4.69) is 0 Å². The van der Waals surface area contributed by atoms with Gasteiger partial charge in [0.05, 0.1) is 12.2 Å². The number of aliphatic hydroxyl groups excluding tert-OH is 1. The summed E-state index contributed by atoms with van der Waals surface area (Å²) in [5.74, 6) is 0.396. The maximum absolute atomic E-state index is 11.8. The summed E-state index contributed by atoms with van der Waals surface area (Å²) in [6, 6.07) is 5.14. The topological polar surface area (TPSA) is 55.8 Å². The lowest BCUT2D eigenvalue weighted by Crippen LogP contribution is -2.34. The highest BCUT2D eigenvalue weighted by atomic mass is 16.5. The molecule has 1 aromatic rings. The lowest BCUT2D eigenvalue weighted by molar-refractivity contribution is 0.0362. The second-order valence-corrected chi connectivity index (χ2v) is 3.35. The Labute approximate surface area is 87.4 Å². The number of fused-ring (bicyclic) bond motifs is 1. The lowest BCUT2D eigenvalue weighted by Gasteiger charge is -2.24. The minimum atomic E-state index is -0.536. The van der Waals surface area contributed by atoms with E-state index in [0.29, 0.717) is 16.9 Å². The third-order valence-corrected chi connectivity index (χ3v) is 2.49. The van der Waals surface area contributed by atoms with Crippen LogP contribution in [0.4, 0.5) is 0 Å². The Bertz CT molecular complexity index is 386. The van der Waals surface area contributed by atoms with Crippen molar-refractivity contribution >= 4 is 5.78 Å². The van der Waals surface area contributed by atoms with Gasteiger partial charge in [-0.15, -0.1) is 0 Å². The third kappa shape index (κ3) is 1.62. The maximum Gasteiger partial charge on any atom is 0.198 e. The van der Waals surface area contributed by atoms with Crippen LogP contribution in [-0.2, 0) is 11.3 Å². The molecule has 0 amide bonds. The summed E-state index contributed by atoms with van der Waals surface area (Å²) < 4.78 is 10.4. The molecular weight excluding hydrogens is 196 g/mol. The van der Waals surface area contributed by atoms with E-state index in [-0.39, 0.29) is 19.0 Å². The molecule has 15 heavy (non-hydrogen) atoms. The molecule has 0 bridgehead atoms. The first-order valence-corrected chi connectivity index (χ1v) is 4.70. The molecule has 0 radical (unpaired) electrons. The average molecular weight is 208 g/mol. The predicted octanol–water partition coefficient (Wildman–Crippen LogP) is 0.769. The third-order valence-electron chi connectivity index (χ3n) is 2.49. The number of para-hydroxylation sites is 1. The van der Waals surface area contributed by atoms with Crippen LogP contribution >= 0.6 is 0 Å². The first-order valence-electron chi connectivity index (χ1n) is 4.70. The van der Waals surface area contributed by atoms with Gasteiger partial charge in [-0.05, 0) is 6.07 Å². The second-order valence-electron chi connectivity index (χ2n) is 3.35. The Hall–Kier alpha value is -1.39. The highest BCUT2D eigenvalue weighted by molar-refractivity contribution is 6.03. The summed E-state index contributed by atoms with van der Waals surface area (Å²) in [5, 5.41) is 9.08. The van der Waals surface area contributed by atoms with E-state index in [0.717, 1.165) is 0 Å². The van der Waals surface area contributed by atoms with Gasteiger partial charge < -0.3 is 14.6 Å². The molecule has 0 saturated carbocycles. The molecule has 1 aliphatic rings. The van der Waals surface area contributed by atoms with Gasteiger partial charge in [0.25, 0.3) is 0 Å². The number of methoxy groups -OCH3 is 1. The summed E-state index contributed by atoms with van der Waals surface area (Å²) in [5.41, 5.74) is 1.12. The van der Waals surface area contributed by atoms with Gasteiger partial charge in [-0.3, -0.25) is 4.79 Å². The minimum absolute atomic E-state index is 0.0888. The van der Waals surface area contributed by atoms with Gasteiger partial charge in [0, 0.05) is 12.7 Å². The van der Waals surface area contributed by atoms with Crippen LogP contribution in [-0.4, -0.2) is 30.7 Å². The average Bonchev–Trinajstić information content (AvgIpc) is 2.29. The smallest absolute Gasteiger partial charge is 0.198 e. The molecule has 1 aliphatic heterocycles. The number of rotatable bonds is 2. The number of hydrogen-bond acceptors (Lipinski definition) is 4. The van der Waals surface area contributed by atoms with Crippen molar-refractivity contribution in [3.8, 4) is 5.75 Å². The number of benzene rings is 1. The summed E-state index contributed by atoms with van der Waals surface area (Å²) in [4.78, 5) is 11.8. The molecule has 0 aromatic heterocycles. The second kappa shape index (κ2) is 4.00. The Balaban J connectivity index is 2.45. The van der Waals surface area contributed by atoms with E-state index < -0.39 is 6.10 Å². The standard InChI is InChI=1S/C11H12O4/c1-14-9-6-15-11-7(5-12)3-2-4-8(11)10(9)13/h2-4,9,12H,5-6H2,1H3. The van der Waals surface area contributed by atoms with E-state index in [1.165, 1.54) is 7.11 Å². The van der Waals surface area contributed by atoms with Crippen molar-refractivity contribution in [2.75, 3.05) is 13.7 Å². The van der Waals surface area contributed by atoms with Gasteiger partial charge in [0.1, 0.15) is 12.4 Å². The van der Waals surface area contributed by atoms with Crippen LogP contribution in [0.2, 0.25) is 0 Å². The lowest BCUT2D eigenvalue weighted by atomic mass is 10.00. The van der Waals surface area contributed by atoms with E-state index in [1.807, 2.05) is 0 Å². The zero-order valence-electron chi connectivity index (χ0n) is 8.40. The molecule has 80 valence electrons. The SMILES string of the molecule is COC1COc2c(CO)cccc2C1=O. The van der Waals surface area contributed by atoms with Gasteiger partial charge in [-0.1, -0.05) is 12.1 Å². The van der Waals surface area contributed by atoms with Crippen molar-refractivity contribution in [1.29, 1.82) is 0 Å². The molecule has 1 unspecified atom stereocenters. The molecule has 1 atom stereocenters. The molecule has 0 fully saturated rings. The van der Waals surface area contributed by atoms with Crippen LogP contribution in [0, 0.1) is 0 Å². The Morgan fingerprint density at radius 1 is 1.60 bits per heavy atom. The van der Waals surface area contributed by atoms with Gasteiger partial charge in [-0.2, -0.15) is 0 Å². The van der Waals surface area contributed by atoms with Crippen molar-refractivity contribution in [2.24, 2.45) is 0 Å². The number of carbonyl (C=O) groups excluding carboxylic acids is 1. The molecule has 2 rings (SSSR count). The van der Waals surface area contributed by atoms with Crippen molar-refractivity contribution in [2.45, 2.75) is 12.7 Å². The highest BCUT2D eigenvalue weighted by Gasteiger charge is 2.29. The number of aliphatic hydroxyl groups is 1. The van der Waals surface area contributed by atoms with E-state index in [9.17, 15) is 4.79 Å². The zero-order chi connectivity index (χ0) is 10.8. The molecule has 4 nitrogen and oxygen atoms in total. The van der Waals surface area contributed by atoms with Gasteiger partial charge in [-0.25, -0.2) is 0 Å². The van der Waals surface area contributed by atoms with Crippen LogP contribution in [0.5, 0.6) is 5.75 Å². The summed E-state index contributed by atoms with van der Waals surface area (Å²) in [6.45, 7) is 0.0768. The van der Waals surface area contributed by atoms with Crippen LogP contribution in [0.3, 0.4) is 0 Å². The van der Waals surface area contributed by atoms with E-state index in [1.54, 1.807) is 18.2 Å². The van der Waals surface area contributed by atoms with Crippen LogP contribution in [0.1, 0.15) is 15.9 Å². The van der Waals surface area contributed by atoms with E-state index >= 15 is 0 Å². The Kier molecular flexibility index (Phi) is 2.70. The van der Waals surface area contributed by atoms with E-state index in [4.69, 9.17) is 14.6 Å². The van der Waals surface area contributed by atoms with Gasteiger partial charge in [0.15, 0.2) is 11.9 Å².